The molecule has 0 saturated carbocycles. The van der Waals surface area contributed by atoms with Crippen LogP contribution in [0.1, 0.15) is 48.4 Å². The number of halogens is 1. The number of guanidine groups is 1. The Morgan fingerprint density at radius 3 is 2.91 bits per heavy atom. The van der Waals surface area contributed by atoms with E-state index >= 15 is 0 Å². The zero-order valence-corrected chi connectivity index (χ0v) is 21.2. The highest BCUT2D eigenvalue weighted by Crippen LogP contribution is 2.11. The quantitative estimate of drug-likeness (QED) is 0.236. The van der Waals surface area contributed by atoms with E-state index in [1.165, 1.54) is 0 Å². The number of hydrogen-bond acceptors (Lipinski definition) is 5. The molecule has 32 heavy (non-hydrogen) atoms. The van der Waals surface area contributed by atoms with Crippen LogP contribution < -0.4 is 16.0 Å². The van der Waals surface area contributed by atoms with E-state index in [0.717, 1.165) is 56.3 Å². The van der Waals surface area contributed by atoms with E-state index in [1.54, 1.807) is 6.33 Å². The summed E-state index contributed by atoms with van der Waals surface area (Å²) in [6.07, 6.45) is 4.81. The van der Waals surface area contributed by atoms with E-state index in [0.29, 0.717) is 25.2 Å². The van der Waals surface area contributed by atoms with Crippen molar-refractivity contribution in [3.8, 4) is 0 Å². The molecule has 0 bridgehead atoms. The maximum atomic E-state index is 12.5. The number of aryl methyl sites for hydroxylation is 1. The number of benzene rings is 1. The maximum absolute atomic E-state index is 12.5. The van der Waals surface area contributed by atoms with Gasteiger partial charge in [-0.25, -0.2) is 4.99 Å². The number of nitrogens with zero attached hydrogens (tertiary/aromatic N) is 4. The molecule has 3 N–H and O–H groups in total. The molecule has 2 aromatic rings. The highest BCUT2D eigenvalue weighted by atomic mass is 127. The Kier molecular flexibility index (Phi) is 11.4. The molecule has 1 aliphatic heterocycles. The third-order valence-electron chi connectivity index (χ3n) is 5.12. The van der Waals surface area contributed by atoms with E-state index in [-0.39, 0.29) is 36.0 Å². The Morgan fingerprint density at radius 1 is 1.28 bits per heavy atom. The molecule has 1 saturated heterocycles. The lowest BCUT2D eigenvalue weighted by atomic mass is 10.1. The first-order valence-electron chi connectivity index (χ1n) is 11.1. The molecule has 1 fully saturated rings. The second-order valence-electron chi connectivity index (χ2n) is 7.46. The number of amides is 1. The number of aromatic nitrogens is 3. The maximum Gasteiger partial charge on any atom is 0.251 e. The number of aliphatic imine (C=N–C) groups is 1. The number of rotatable bonds is 10. The van der Waals surface area contributed by atoms with Gasteiger partial charge in [0.15, 0.2) is 5.96 Å². The summed E-state index contributed by atoms with van der Waals surface area (Å²) in [5, 5.41) is 17.6. The van der Waals surface area contributed by atoms with Crippen molar-refractivity contribution in [2.45, 2.75) is 52.3 Å². The van der Waals surface area contributed by atoms with Crippen LogP contribution in [0.25, 0.3) is 0 Å². The summed E-state index contributed by atoms with van der Waals surface area (Å²) in [6.45, 7) is 8.17. The smallest absolute Gasteiger partial charge is 0.251 e. The van der Waals surface area contributed by atoms with Crippen LogP contribution >= 0.6 is 24.0 Å². The van der Waals surface area contributed by atoms with Crippen molar-refractivity contribution in [1.82, 2.24) is 30.7 Å². The number of hydrogen-bond donors (Lipinski definition) is 3. The van der Waals surface area contributed by atoms with Crippen molar-refractivity contribution >= 4 is 35.8 Å². The standard InChI is InChI=1S/C22H33N7O2.HI/c1-3-20-28-27-16-29(20)11-10-24-22(23-4-2)26-14-17-7-5-8-18(13-17)21(30)25-15-19-9-6-12-31-19;/h5,7-8,13,16,19H,3-4,6,9-12,14-15H2,1-2H3,(H,25,30)(H2,23,24,26);1H. The molecule has 1 aliphatic rings. The van der Waals surface area contributed by atoms with Crippen LogP contribution in [0.3, 0.4) is 0 Å². The average Bonchev–Trinajstić information content (AvgIpc) is 3.48. The van der Waals surface area contributed by atoms with Gasteiger partial charge in [0.1, 0.15) is 12.2 Å². The first kappa shape index (κ1) is 26.0. The average molecular weight is 555 g/mol. The molecule has 1 aromatic heterocycles. The number of carbonyl (C=O) groups excluding carboxylic acids is 1. The normalized spacial score (nSPS) is 15.8. The van der Waals surface area contributed by atoms with Gasteiger partial charge in [-0.15, -0.1) is 34.2 Å². The van der Waals surface area contributed by atoms with E-state index in [4.69, 9.17) is 4.74 Å². The highest BCUT2D eigenvalue weighted by molar-refractivity contribution is 14.0. The van der Waals surface area contributed by atoms with Crippen molar-refractivity contribution in [3.05, 3.63) is 47.5 Å². The van der Waals surface area contributed by atoms with Gasteiger partial charge in [-0.3, -0.25) is 4.79 Å². The van der Waals surface area contributed by atoms with Gasteiger partial charge in [-0.05, 0) is 37.5 Å². The minimum absolute atomic E-state index is 0. The molecule has 3 rings (SSSR count). The molecule has 1 aromatic carbocycles. The molecular weight excluding hydrogens is 521 g/mol. The zero-order chi connectivity index (χ0) is 21.9. The topological polar surface area (TPSA) is 105 Å². The summed E-state index contributed by atoms with van der Waals surface area (Å²) in [7, 11) is 0. The predicted octanol–water partition coefficient (Wildman–Crippen LogP) is 2.12. The summed E-state index contributed by atoms with van der Waals surface area (Å²) in [5.41, 5.74) is 1.62. The second-order valence-corrected chi connectivity index (χ2v) is 7.46. The molecule has 0 aliphatic carbocycles. The first-order valence-corrected chi connectivity index (χ1v) is 11.1. The minimum atomic E-state index is -0.0768. The van der Waals surface area contributed by atoms with Crippen molar-refractivity contribution in [1.29, 1.82) is 0 Å². The summed E-state index contributed by atoms with van der Waals surface area (Å²) in [6, 6.07) is 7.59. The van der Waals surface area contributed by atoms with Crippen LogP contribution in [-0.4, -0.2) is 59.0 Å². The van der Waals surface area contributed by atoms with Crippen molar-refractivity contribution < 1.29 is 9.53 Å². The minimum Gasteiger partial charge on any atom is -0.376 e. The van der Waals surface area contributed by atoms with Gasteiger partial charge in [0.05, 0.1) is 12.6 Å². The molecule has 0 radical (unpaired) electrons. The van der Waals surface area contributed by atoms with Crippen molar-refractivity contribution in [2.24, 2.45) is 4.99 Å². The number of nitrogens with one attached hydrogen (secondary N) is 3. The molecule has 10 heteroatoms. The SMILES string of the molecule is CCNC(=NCc1cccc(C(=O)NCC2CCCO2)c1)NCCn1cnnc1CC.I. The van der Waals surface area contributed by atoms with Crippen molar-refractivity contribution in [2.75, 3.05) is 26.2 Å². The summed E-state index contributed by atoms with van der Waals surface area (Å²) in [4.78, 5) is 17.1. The fourth-order valence-corrected chi connectivity index (χ4v) is 3.47. The largest absolute Gasteiger partial charge is 0.376 e. The third-order valence-corrected chi connectivity index (χ3v) is 5.12. The van der Waals surface area contributed by atoms with Crippen LogP contribution in [0, 0.1) is 0 Å². The van der Waals surface area contributed by atoms with E-state index in [1.807, 2.05) is 35.8 Å². The summed E-state index contributed by atoms with van der Waals surface area (Å²) >= 11 is 0. The molecule has 1 amide bonds. The van der Waals surface area contributed by atoms with Crippen LogP contribution in [-0.2, 0) is 24.2 Å². The van der Waals surface area contributed by atoms with Crippen LogP contribution in [0.4, 0.5) is 0 Å². The Balaban J connectivity index is 0.00000363. The lowest BCUT2D eigenvalue weighted by Crippen LogP contribution is -2.39. The first-order chi connectivity index (χ1) is 15.2. The van der Waals surface area contributed by atoms with Crippen LogP contribution in [0.15, 0.2) is 35.6 Å². The fourth-order valence-electron chi connectivity index (χ4n) is 3.47. The summed E-state index contributed by atoms with van der Waals surface area (Å²) in [5.74, 6) is 1.63. The molecule has 1 unspecified atom stereocenters. The Morgan fingerprint density at radius 2 is 2.16 bits per heavy atom. The van der Waals surface area contributed by atoms with E-state index in [2.05, 4.69) is 38.1 Å². The Hall–Kier alpha value is -2.21. The van der Waals surface area contributed by atoms with Crippen LogP contribution in [0.5, 0.6) is 0 Å². The zero-order valence-electron chi connectivity index (χ0n) is 18.8. The van der Waals surface area contributed by atoms with E-state index in [9.17, 15) is 4.79 Å². The summed E-state index contributed by atoms with van der Waals surface area (Å²) < 4.78 is 7.60. The van der Waals surface area contributed by atoms with Gasteiger partial charge in [-0.1, -0.05) is 19.1 Å². The van der Waals surface area contributed by atoms with Crippen LogP contribution in [0.2, 0.25) is 0 Å². The second kappa shape index (κ2) is 14.0. The van der Waals surface area contributed by atoms with Gasteiger partial charge >= 0.3 is 0 Å². The number of ether oxygens (including phenoxy) is 1. The lowest BCUT2D eigenvalue weighted by Gasteiger charge is -2.13. The fraction of sp³-hybridized carbons (Fsp3) is 0.545. The molecule has 176 valence electrons. The van der Waals surface area contributed by atoms with Gasteiger partial charge in [0, 0.05) is 44.8 Å². The lowest BCUT2D eigenvalue weighted by molar-refractivity contribution is 0.0857. The Bertz CT molecular complexity index is 865. The molecular formula is C22H34IN7O2. The highest BCUT2D eigenvalue weighted by Gasteiger charge is 2.16. The van der Waals surface area contributed by atoms with Crippen molar-refractivity contribution in [3.63, 3.8) is 0 Å². The van der Waals surface area contributed by atoms with Gasteiger partial charge in [-0.2, -0.15) is 0 Å². The van der Waals surface area contributed by atoms with Gasteiger partial charge < -0.3 is 25.3 Å². The molecule has 9 nitrogen and oxygen atoms in total. The monoisotopic (exact) mass is 555 g/mol. The van der Waals surface area contributed by atoms with Gasteiger partial charge in [0.2, 0.25) is 0 Å². The Labute approximate surface area is 206 Å². The molecule has 0 spiro atoms. The third kappa shape index (κ3) is 8.05. The molecule has 2 heterocycles. The van der Waals surface area contributed by atoms with Gasteiger partial charge in [0.25, 0.3) is 5.91 Å². The molecule has 1 atom stereocenters. The van der Waals surface area contributed by atoms with E-state index < -0.39 is 0 Å². The predicted molar refractivity (Wildman–Crippen MR) is 135 cm³/mol. The number of carbonyl (C=O) groups is 1.